The van der Waals surface area contributed by atoms with Crippen LogP contribution in [0.25, 0.3) is 10.9 Å². The monoisotopic (exact) mass is 230 g/mol. The molecule has 0 aliphatic heterocycles. The molecule has 0 radical (unpaired) electrons. The number of aromatic amines is 1. The second kappa shape index (κ2) is 3.40. The topological polar surface area (TPSA) is 37.9 Å². The molecule has 86 valence electrons. The number of H-pyrrole nitrogens is 1. The van der Waals surface area contributed by atoms with Crippen LogP contribution in [-0.2, 0) is 6.18 Å². The van der Waals surface area contributed by atoms with Crippen LogP contribution >= 0.6 is 0 Å². The maximum absolute atomic E-state index is 12.7. The Kier molecular flexibility index (Phi) is 2.29. The van der Waals surface area contributed by atoms with E-state index in [-0.39, 0.29) is 16.8 Å². The number of aromatic nitrogens is 2. The highest BCUT2D eigenvalue weighted by Gasteiger charge is 2.34. The van der Waals surface area contributed by atoms with Crippen LogP contribution in [0.5, 0.6) is 5.88 Å². The summed E-state index contributed by atoms with van der Waals surface area (Å²) in [7, 11) is 1.37. The van der Waals surface area contributed by atoms with Gasteiger partial charge in [-0.25, -0.2) is 4.98 Å². The highest BCUT2D eigenvalue weighted by molar-refractivity contribution is 5.90. The summed E-state index contributed by atoms with van der Waals surface area (Å²) in [6, 6.07) is 0. The molecule has 2 aromatic heterocycles. The van der Waals surface area contributed by atoms with Crippen molar-refractivity contribution in [2.45, 2.75) is 13.1 Å². The molecule has 0 fully saturated rings. The number of rotatable bonds is 1. The van der Waals surface area contributed by atoms with Gasteiger partial charge in [-0.1, -0.05) is 0 Å². The van der Waals surface area contributed by atoms with Gasteiger partial charge in [0.05, 0.1) is 12.7 Å². The SMILES string of the molecule is COc1ncc(C(F)(F)F)c2c(C)c[nH]c12. The molecule has 0 aliphatic rings. The van der Waals surface area contributed by atoms with Crippen molar-refractivity contribution in [1.82, 2.24) is 9.97 Å². The summed E-state index contributed by atoms with van der Waals surface area (Å²) in [5.74, 6) is 0.163. The van der Waals surface area contributed by atoms with Gasteiger partial charge in [-0.2, -0.15) is 13.2 Å². The number of ether oxygens (including phenoxy) is 1. The summed E-state index contributed by atoms with van der Waals surface area (Å²) >= 11 is 0. The number of alkyl halides is 3. The number of fused-ring (bicyclic) bond motifs is 1. The van der Waals surface area contributed by atoms with Crippen molar-refractivity contribution in [1.29, 1.82) is 0 Å². The van der Waals surface area contributed by atoms with Crippen LogP contribution in [-0.4, -0.2) is 17.1 Å². The Bertz CT molecular complexity index is 531. The molecular formula is C10H9F3N2O. The van der Waals surface area contributed by atoms with Crippen molar-refractivity contribution < 1.29 is 17.9 Å². The lowest BCUT2D eigenvalue weighted by Crippen LogP contribution is -2.07. The van der Waals surface area contributed by atoms with Crippen LogP contribution in [0.15, 0.2) is 12.4 Å². The third kappa shape index (κ3) is 1.50. The fourth-order valence-corrected chi connectivity index (χ4v) is 1.66. The first-order chi connectivity index (χ1) is 7.45. The number of halogens is 3. The van der Waals surface area contributed by atoms with Crippen LogP contribution in [0.3, 0.4) is 0 Å². The van der Waals surface area contributed by atoms with Crippen LogP contribution in [0.2, 0.25) is 0 Å². The van der Waals surface area contributed by atoms with Crippen LogP contribution in [0, 0.1) is 6.92 Å². The second-order valence-electron chi connectivity index (χ2n) is 3.40. The van der Waals surface area contributed by atoms with Gasteiger partial charge in [0, 0.05) is 17.8 Å². The molecule has 0 atom stereocenters. The minimum atomic E-state index is -4.41. The standard InChI is InChI=1S/C10H9F3N2O/c1-5-3-14-8-7(5)6(10(11,12)13)4-15-9(8)16-2/h3-4,14H,1-2H3. The summed E-state index contributed by atoms with van der Waals surface area (Å²) in [6.45, 7) is 1.60. The molecule has 2 rings (SSSR count). The third-order valence-electron chi connectivity index (χ3n) is 2.37. The number of hydrogen-bond donors (Lipinski definition) is 1. The molecule has 3 nitrogen and oxygen atoms in total. The minimum Gasteiger partial charge on any atom is -0.479 e. The van der Waals surface area contributed by atoms with Crippen molar-refractivity contribution in [3.63, 3.8) is 0 Å². The van der Waals surface area contributed by atoms with E-state index in [1.54, 1.807) is 6.92 Å². The Morgan fingerprint density at radius 2 is 2.06 bits per heavy atom. The molecule has 0 unspecified atom stereocenters. The van der Waals surface area contributed by atoms with E-state index in [2.05, 4.69) is 9.97 Å². The van der Waals surface area contributed by atoms with Gasteiger partial charge in [0.2, 0.25) is 5.88 Å². The zero-order valence-electron chi connectivity index (χ0n) is 8.64. The van der Waals surface area contributed by atoms with Crippen LogP contribution < -0.4 is 4.74 Å². The molecule has 1 N–H and O–H groups in total. The van der Waals surface area contributed by atoms with E-state index >= 15 is 0 Å². The lowest BCUT2D eigenvalue weighted by Gasteiger charge is -2.09. The first-order valence-corrected chi connectivity index (χ1v) is 4.53. The lowest BCUT2D eigenvalue weighted by molar-refractivity contribution is -0.136. The number of nitrogens with zero attached hydrogens (tertiary/aromatic N) is 1. The van der Waals surface area contributed by atoms with Crippen molar-refractivity contribution in [2.75, 3.05) is 7.11 Å². The largest absolute Gasteiger partial charge is 0.479 e. The fraction of sp³-hybridized carbons (Fsp3) is 0.300. The van der Waals surface area contributed by atoms with E-state index < -0.39 is 11.7 Å². The van der Waals surface area contributed by atoms with Gasteiger partial charge in [-0.15, -0.1) is 0 Å². The highest BCUT2D eigenvalue weighted by atomic mass is 19.4. The van der Waals surface area contributed by atoms with Gasteiger partial charge in [0.25, 0.3) is 0 Å². The first kappa shape index (κ1) is 10.8. The third-order valence-corrected chi connectivity index (χ3v) is 2.37. The van der Waals surface area contributed by atoms with Crippen LogP contribution in [0.4, 0.5) is 13.2 Å². The Labute approximate surface area is 89.2 Å². The molecule has 0 saturated carbocycles. The van der Waals surface area contributed by atoms with Crippen molar-refractivity contribution >= 4 is 10.9 Å². The quantitative estimate of drug-likeness (QED) is 0.817. The van der Waals surface area contributed by atoms with Gasteiger partial charge < -0.3 is 9.72 Å². The van der Waals surface area contributed by atoms with Crippen molar-refractivity contribution in [2.24, 2.45) is 0 Å². The smallest absolute Gasteiger partial charge is 0.418 e. The number of methoxy groups -OCH3 is 1. The molecule has 16 heavy (non-hydrogen) atoms. The molecule has 6 heteroatoms. The zero-order chi connectivity index (χ0) is 11.9. The number of pyridine rings is 1. The number of nitrogens with one attached hydrogen (secondary N) is 1. The molecule has 0 aliphatic carbocycles. The molecule has 0 saturated heterocycles. The average molecular weight is 230 g/mol. The van der Waals surface area contributed by atoms with E-state index in [0.29, 0.717) is 5.56 Å². The Morgan fingerprint density at radius 3 is 2.62 bits per heavy atom. The normalized spacial score (nSPS) is 12.1. The predicted molar refractivity (Wildman–Crippen MR) is 52.4 cm³/mol. The van der Waals surface area contributed by atoms with Gasteiger partial charge in [0.1, 0.15) is 5.52 Å². The summed E-state index contributed by atoms with van der Waals surface area (Å²) < 4.78 is 43.0. The Hall–Kier alpha value is -1.72. The Morgan fingerprint density at radius 1 is 1.38 bits per heavy atom. The van der Waals surface area contributed by atoms with Gasteiger partial charge in [-0.05, 0) is 12.5 Å². The van der Waals surface area contributed by atoms with E-state index in [0.717, 1.165) is 6.20 Å². The minimum absolute atomic E-state index is 0.111. The van der Waals surface area contributed by atoms with Crippen molar-refractivity contribution in [3.05, 3.63) is 23.5 Å². The van der Waals surface area contributed by atoms with Crippen LogP contribution in [0.1, 0.15) is 11.1 Å². The summed E-state index contributed by atoms with van der Waals surface area (Å²) in [6.07, 6.45) is -2.11. The maximum Gasteiger partial charge on any atom is 0.418 e. The highest BCUT2D eigenvalue weighted by Crippen LogP contribution is 2.37. The fourth-order valence-electron chi connectivity index (χ4n) is 1.66. The van der Waals surface area contributed by atoms with E-state index in [1.165, 1.54) is 13.3 Å². The van der Waals surface area contributed by atoms with E-state index in [4.69, 9.17) is 4.74 Å². The summed E-state index contributed by atoms with van der Waals surface area (Å²) in [5.41, 5.74) is 0.0416. The Balaban J connectivity index is 2.83. The van der Waals surface area contributed by atoms with Gasteiger partial charge in [-0.3, -0.25) is 0 Å². The van der Waals surface area contributed by atoms with E-state index in [1.807, 2.05) is 0 Å². The molecule has 0 amide bonds. The molecule has 2 aromatic rings. The zero-order valence-corrected chi connectivity index (χ0v) is 8.64. The molecule has 0 bridgehead atoms. The second-order valence-corrected chi connectivity index (χ2v) is 3.40. The summed E-state index contributed by atoms with van der Waals surface area (Å²) in [5, 5.41) is 0.111. The number of aryl methyl sites for hydroxylation is 1. The predicted octanol–water partition coefficient (Wildman–Crippen LogP) is 2.90. The average Bonchev–Trinajstić information content (AvgIpc) is 2.58. The molecular weight excluding hydrogens is 221 g/mol. The molecule has 2 heterocycles. The van der Waals surface area contributed by atoms with E-state index in [9.17, 15) is 13.2 Å². The number of hydrogen-bond acceptors (Lipinski definition) is 2. The first-order valence-electron chi connectivity index (χ1n) is 4.53. The van der Waals surface area contributed by atoms with Gasteiger partial charge in [0.15, 0.2) is 0 Å². The van der Waals surface area contributed by atoms with Crippen molar-refractivity contribution in [3.8, 4) is 5.88 Å². The maximum atomic E-state index is 12.7. The summed E-state index contributed by atoms with van der Waals surface area (Å²) in [4.78, 5) is 6.36. The van der Waals surface area contributed by atoms with Gasteiger partial charge >= 0.3 is 6.18 Å². The molecule has 0 aromatic carbocycles. The lowest BCUT2D eigenvalue weighted by atomic mass is 10.1. The molecule has 0 spiro atoms.